The summed E-state index contributed by atoms with van der Waals surface area (Å²) in [5, 5.41) is 3.45. The van der Waals surface area contributed by atoms with Crippen molar-refractivity contribution >= 4 is 0 Å². The van der Waals surface area contributed by atoms with E-state index in [2.05, 4.69) is 55.8 Å². The van der Waals surface area contributed by atoms with Gasteiger partial charge in [0.05, 0.1) is 0 Å². The zero-order valence-corrected chi connectivity index (χ0v) is 12.0. The Labute approximate surface area is 106 Å². The average molecular weight is 237 g/mol. The summed E-state index contributed by atoms with van der Waals surface area (Å²) in [6.45, 7) is 10.2. The highest BCUT2D eigenvalue weighted by atomic mass is 15.1. The molecule has 0 bridgehead atoms. The maximum atomic E-state index is 4.49. The number of rotatable bonds is 7. The molecule has 3 heteroatoms. The first-order valence-electron chi connectivity index (χ1n) is 6.72. The highest BCUT2D eigenvalue weighted by molar-refractivity contribution is 4.98. The van der Waals surface area contributed by atoms with Gasteiger partial charge < -0.3 is 9.88 Å². The predicted molar refractivity (Wildman–Crippen MR) is 73.1 cm³/mol. The van der Waals surface area contributed by atoms with Gasteiger partial charge in [0.25, 0.3) is 0 Å². The summed E-state index contributed by atoms with van der Waals surface area (Å²) in [6.07, 6.45) is 7.34. The van der Waals surface area contributed by atoms with Crippen LogP contribution < -0.4 is 5.32 Å². The summed E-state index contributed by atoms with van der Waals surface area (Å²) in [7, 11) is 2.05. The molecular formula is C14H27N3. The fourth-order valence-corrected chi connectivity index (χ4v) is 2.17. The minimum Gasteiger partial charge on any atom is -0.335 e. The van der Waals surface area contributed by atoms with Crippen molar-refractivity contribution in [1.29, 1.82) is 0 Å². The number of hydrogen-bond donors (Lipinski definition) is 1. The van der Waals surface area contributed by atoms with Gasteiger partial charge in [-0.3, -0.25) is 0 Å². The monoisotopic (exact) mass is 237 g/mol. The van der Waals surface area contributed by atoms with Gasteiger partial charge in [-0.25, -0.2) is 4.98 Å². The van der Waals surface area contributed by atoms with Crippen LogP contribution in [-0.4, -0.2) is 22.6 Å². The third kappa shape index (κ3) is 3.56. The van der Waals surface area contributed by atoms with Gasteiger partial charge in [0.15, 0.2) is 0 Å². The fraction of sp³-hybridized carbons (Fsp3) is 0.786. The first-order valence-corrected chi connectivity index (χ1v) is 6.72. The van der Waals surface area contributed by atoms with Gasteiger partial charge in [-0.2, -0.15) is 0 Å². The van der Waals surface area contributed by atoms with Crippen LogP contribution in [0.15, 0.2) is 12.4 Å². The molecule has 0 spiro atoms. The number of nitrogens with zero attached hydrogens (tertiary/aromatic N) is 2. The lowest BCUT2D eigenvalue weighted by molar-refractivity contribution is 0.236. The number of aromatic nitrogens is 2. The molecule has 0 radical (unpaired) electrons. The molecule has 17 heavy (non-hydrogen) atoms. The van der Waals surface area contributed by atoms with E-state index in [-0.39, 0.29) is 0 Å². The SMILES string of the molecule is CCCn1ccnc1CC(NC)C(C)(C)CC. The number of imidazole rings is 1. The predicted octanol–water partition coefficient (Wildman–Crippen LogP) is 2.86. The van der Waals surface area contributed by atoms with Gasteiger partial charge >= 0.3 is 0 Å². The molecule has 1 heterocycles. The molecule has 98 valence electrons. The lowest BCUT2D eigenvalue weighted by Crippen LogP contribution is -2.41. The topological polar surface area (TPSA) is 29.9 Å². The highest BCUT2D eigenvalue weighted by Crippen LogP contribution is 2.26. The Kier molecular flexibility index (Phi) is 5.19. The molecule has 0 fully saturated rings. The molecule has 1 rings (SSSR count). The van der Waals surface area contributed by atoms with Crippen molar-refractivity contribution in [3.63, 3.8) is 0 Å². The van der Waals surface area contributed by atoms with Gasteiger partial charge in [-0.05, 0) is 25.3 Å². The first-order chi connectivity index (χ1) is 8.05. The summed E-state index contributed by atoms with van der Waals surface area (Å²) in [6, 6.07) is 0.477. The van der Waals surface area contributed by atoms with Crippen LogP contribution in [0.3, 0.4) is 0 Å². The number of aryl methyl sites for hydroxylation is 1. The van der Waals surface area contributed by atoms with Crippen LogP contribution in [0, 0.1) is 5.41 Å². The molecule has 1 unspecified atom stereocenters. The second-order valence-corrected chi connectivity index (χ2v) is 5.42. The Morgan fingerprint density at radius 1 is 1.41 bits per heavy atom. The van der Waals surface area contributed by atoms with E-state index >= 15 is 0 Å². The molecule has 1 atom stereocenters. The molecule has 0 aliphatic carbocycles. The van der Waals surface area contributed by atoms with E-state index < -0.39 is 0 Å². The van der Waals surface area contributed by atoms with E-state index in [0.29, 0.717) is 11.5 Å². The van der Waals surface area contributed by atoms with E-state index in [0.717, 1.165) is 19.4 Å². The van der Waals surface area contributed by atoms with Crippen molar-refractivity contribution in [2.24, 2.45) is 5.41 Å². The number of likely N-dealkylation sites (N-methyl/N-ethyl adjacent to an activating group) is 1. The van der Waals surface area contributed by atoms with Crippen LogP contribution in [0.4, 0.5) is 0 Å². The molecule has 0 amide bonds. The van der Waals surface area contributed by atoms with Crippen LogP contribution in [0.25, 0.3) is 0 Å². The smallest absolute Gasteiger partial charge is 0.110 e. The molecule has 1 N–H and O–H groups in total. The van der Waals surface area contributed by atoms with Gasteiger partial charge in [-0.1, -0.05) is 27.7 Å². The lowest BCUT2D eigenvalue weighted by Gasteiger charge is -2.33. The summed E-state index contributed by atoms with van der Waals surface area (Å²) in [5.41, 5.74) is 0.303. The van der Waals surface area contributed by atoms with Gasteiger partial charge in [-0.15, -0.1) is 0 Å². The molecular weight excluding hydrogens is 210 g/mol. The summed E-state index contributed by atoms with van der Waals surface area (Å²) < 4.78 is 2.27. The molecule has 0 aliphatic heterocycles. The summed E-state index contributed by atoms with van der Waals surface area (Å²) in [4.78, 5) is 4.49. The van der Waals surface area contributed by atoms with Crippen LogP contribution in [0.1, 0.15) is 46.4 Å². The average Bonchev–Trinajstić information content (AvgIpc) is 2.73. The van der Waals surface area contributed by atoms with Crippen molar-refractivity contribution < 1.29 is 0 Å². The number of hydrogen-bond acceptors (Lipinski definition) is 2. The van der Waals surface area contributed by atoms with Crippen LogP contribution in [-0.2, 0) is 13.0 Å². The zero-order chi connectivity index (χ0) is 12.9. The first kappa shape index (κ1) is 14.2. The summed E-state index contributed by atoms with van der Waals surface area (Å²) >= 11 is 0. The summed E-state index contributed by atoms with van der Waals surface area (Å²) in [5.74, 6) is 1.20. The maximum Gasteiger partial charge on any atom is 0.110 e. The third-order valence-corrected chi connectivity index (χ3v) is 3.86. The molecule has 1 aromatic heterocycles. The normalized spacial score (nSPS) is 13.9. The van der Waals surface area contributed by atoms with E-state index in [1.165, 1.54) is 12.2 Å². The molecule has 0 aromatic carbocycles. The Balaban J connectivity index is 2.77. The van der Waals surface area contributed by atoms with Crippen molar-refractivity contribution in [3.05, 3.63) is 18.2 Å². The second-order valence-electron chi connectivity index (χ2n) is 5.42. The fourth-order valence-electron chi connectivity index (χ4n) is 2.17. The van der Waals surface area contributed by atoms with E-state index in [9.17, 15) is 0 Å². The quantitative estimate of drug-likeness (QED) is 0.790. The minimum atomic E-state index is 0.303. The Morgan fingerprint density at radius 2 is 2.12 bits per heavy atom. The molecule has 0 saturated heterocycles. The second kappa shape index (κ2) is 6.20. The van der Waals surface area contributed by atoms with Crippen LogP contribution in [0.2, 0.25) is 0 Å². The van der Waals surface area contributed by atoms with Crippen molar-refractivity contribution in [1.82, 2.24) is 14.9 Å². The van der Waals surface area contributed by atoms with Crippen molar-refractivity contribution in [2.45, 2.75) is 59.5 Å². The third-order valence-electron chi connectivity index (χ3n) is 3.86. The van der Waals surface area contributed by atoms with Gasteiger partial charge in [0, 0.05) is 31.4 Å². The molecule has 0 saturated carbocycles. The van der Waals surface area contributed by atoms with Crippen molar-refractivity contribution in [3.8, 4) is 0 Å². The van der Waals surface area contributed by atoms with E-state index in [1.54, 1.807) is 0 Å². The Hall–Kier alpha value is -0.830. The van der Waals surface area contributed by atoms with E-state index in [1.807, 2.05) is 6.20 Å². The largest absolute Gasteiger partial charge is 0.335 e. The molecule has 3 nitrogen and oxygen atoms in total. The van der Waals surface area contributed by atoms with E-state index in [4.69, 9.17) is 0 Å². The lowest BCUT2D eigenvalue weighted by atomic mass is 9.80. The van der Waals surface area contributed by atoms with Crippen LogP contribution >= 0.6 is 0 Å². The Bertz CT molecular complexity index is 328. The van der Waals surface area contributed by atoms with Gasteiger partial charge in [0.1, 0.15) is 5.82 Å². The standard InChI is InChI=1S/C14H27N3/c1-6-9-17-10-8-16-13(17)11-12(15-5)14(3,4)7-2/h8,10,12,15H,6-7,9,11H2,1-5H3. The van der Waals surface area contributed by atoms with Crippen molar-refractivity contribution in [2.75, 3.05) is 7.05 Å². The van der Waals surface area contributed by atoms with Crippen LogP contribution in [0.5, 0.6) is 0 Å². The minimum absolute atomic E-state index is 0.303. The number of nitrogens with one attached hydrogen (secondary N) is 1. The highest BCUT2D eigenvalue weighted by Gasteiger charge is 2.27. The maximum absolute atomic E-state index is 4.49. The zero-order valence-electron chi connectivity index (χ0n) is 12.0. The molecule has 1 aromatic rings. The van der Waals surface area contributed by atoms with Gasteiger partial charge in [0.2, 0.25) is 0 Å². The Morgan fingerprint density at radius 3 is 2.65 bits per heavy atom. The molecule has 0 aliphatic rings.